The van der Waals surface area contributed by atoms with Gasteiger partial charge in [0.05, 0.1) is 9.89 Å². The van der Waals surface area contributed by atoms with Gasteiger partial charge in [-0.15, -0.1) is 11.3 Å². The molecule has 1 aromatic rings. The molecule has 16 heavy (non-hydrogen) atoms. The predicted octanol–water partition coefficient (Wildman–Crippen LogP) is 3.73. The molecule has 1 fully saturated rings. The second kappa shape index (κ2) is 5.63. The number of ether oxygens (including phenoxy) is 1. The minimum Gasteiger partial charge on any atom is -0.378 e. The molecule has 0 amide bonds. The first-order valence-electron chi connectivity index (χ1n) is 5.82. The fraction of sp³-hybridized carbons (Fsp3) is 0.667. The summed E-state index contributed by atoms with van der Waals surface area (Å²) in [6.07, 6.45) is 2.81. The Morgan fingerprint density at radius 1 is 1.56 bits per heavy atom. The van der Waals surface area contributed by atoms with Crippen molar-refractivity contribution in [1.82, 2.24) is 5.32 Å². The minimum absolute atomic E-state index is 0.448. The lowest BCUT2D eigenvalue weighted by molar-refractivity contribution is -0.0119. The lowest BCUT2D eigenvalue weighted by atomic mass is 9.88. The summed E-state index contributed by atoms with van der Waals surface area (Å²) in [6, 6.07) is 5.38. The molecule has 1 saturated carbocycles. The summed E-state index contributed by atoms with van der Waals surface area (Å²) in [5.74, 6) is 0. The third kappa shape index (κ3) is 3.06. The Morgan fingerprint density at radius 2 is 2.31 bits per heavy atom. The molecule has 1 heterocycles. The van der Waals surface area contributed by atoms with Gasteiger partial charge in [0.2, 0.25) is 0 Å². The Hall–Kier alpha value is 0.1000. The van der Waals surface area contributed by atoms with Gasteiger partial charge in [0.15, 0.2) is 0 Å². The van der Waals surface area contributed by atoms with Gasteiger partial charge in [0.1, 0.15) is 0 Å². The number of thiophene rings is 1. The molecule has 1 N–H and O–H groups in total. The number of hydrogen-bond acceptors (Lipinski definition) is 3. The van der Waals surface area contributed by atoms with Gasteiger partial charge in [0, 0.05) is 23.6 Å². The van der Waals surface area contributed by atoms with Crippen LogP contribution in [0.4, 0.5) is 0 Å². The van der Waals surface area contributed by atoms with Crippen molar-refractivity contribution in [2.24, 2.45) is 0 Å². The first-order chi connectivity index (χ1) is 7.69. The summed E-state index contributed by atoms with van der Waals surface area (Å²) in [5.41, 5.74) is 0. The topological polar surface area (TPSA) is 21.3 Å². The Kier molecular flexibility index (Phi) is 4.41. The standard InChI is InChI=1S/C12H18BrNOS/c1-3-15-10-6-9(7-10)14-8(2)11-4-5-12(13)16-11/h4-5,8-10,14H,3,6-7H2,1-2H3. The first-order valence-corrected chi connectivity index (χ1v) is 7.43. The van der Waals surface area contributed by atoms with Crippen LogP contribution in [0, 0.1) is 0 Å². The van der Waals surface area contributed by atoms with Crippen LogP contribution in [0.15, 0.2) is 15.9 Å². The molecule has 90 valence electrons. The highest BCUT2D eigenvalue weighted by Gasteiger charge is 2.30. The van der Waals surface area contributed by atoms with Crippen molar-refractivity contribution in [1.29, 1.82) is 0 Å². The van der Waals surface area contributed by atoms with E-state index in [1.165, 1.54) is 8.66 Å². The van der Waals surface area contributed by atoms with Gasteiger partial charge in [-0.3, -0.25) is 0 Å². The molecule has 1 aromatic heterocycles. The fourth-order valence-electron chi connectivity index (χ4n) is 2.07. The van der Waals surface area contributed by atoms with Crippen molar-refractivity contribution in [3.63, 3.8) is 0 Å². The van der Waals surface area contributed by atoms with Crippen LogP contribution < -0.4 is 5.32 Å². The molecule has 0 spiro atoms. The minimum atomic E-state index is 0.448. The molecule has 0 saturated heterocycles. The van der Waals surface area contributed by atoms with Crippen molar-refractivity contribution in [3.8, 4) is 0 Å². The van der Waals surface area contributed by atoms with E-state index in [0.717, 1.165) is 19.4 Å². The Bertz CT molecular complexity index is 336. The average Bonchev–Trinajstić information content (AvgIpc) is 2.61. The van der Waals surface area contributed by atoms with E-state index < -0.39 is 0 Å². The monoisotopic (exact) mass is 303 g/mol. The molecule has 0 radical (unpaired) electrons. The molecular weight excluding hydrogens is 286 g/mol. The van der Waals surface area contributed by atoms with E-state index in [4.69, 9.17) is 4.74 Å². The summed E-state index contributed by atoms with van der Waals surface area (Å²) >= 11 is 5.30. The summed E-state index contributed by atoms with van der Waals surface area (Å²) < 4.78 is 6.76. The van der Waals surface area contributed by atoms with E-state index in [9.17, 15) is 0 Å². The molecule has 2 rings (SSSR count). The normalized spacial score (nSPS) is 26.4. The lowest BCUT2D eigenvalue weighted by Crippen LogP contribution is -2.46. The molecule has 1 unspecified atom stereocenters. The van der Waals surface area contributed by atoms with Crippen molar-refractivity contribution in [3.05, 3.63) is 20.8 Å². The number of halogens is 1. The Morgan fingerprint density at radius 3 is 2.88 bits per heavy atom. The molecular formula is C12H18BrNOS. The van der Waals surface area contributed by atoms with Crippen molar-refractivity contribution >= 4 is 27.3 Å². The van der Waals surface area contributed by atoms with Gasteiger partial charge < -0.3 is 10.1 Å². The van der Waals surface area contributed by atoms with E-state index in [1.807, 2.05) is 0 Å². The summed E-state index contributed by atoms with van der Waals surface area (Å²) in [4.78, 5) is 1.40. The molecule has 1 atom stereocenters. The maximum atomic E-state index is 5.55. The molecule has 2 nitrogen and oxygen atoms in total. The zero-order chi connectivity index (χ0) is 11.5. The Balaban J connectivity index is 1.75. The molecule has 0 aromatic carbocycles. The maximum Gasteiger partial charge on any atom is 0.0701 e. The van der Waals surface area contributed by atoms with Crippen LogP contribution in [-0.4, -0.2) is 18.8 Å². The van der Waals surface area contributed by atoms with Crippen LogP contribution in [0.5, 0.6) is 0 Å². The highest BCUT2D eigenvalue weighted by atomic mass is 79.9. The fourth-order valence-corrected chi connectivity index (χ4v) is 3.51. The van der Waals surface area contributed by atoms with Crippen LogP contribution in [0.1, 0.15) is 37.6 Å². The number of hydrogen-bond donors (Lipinski definition) is 1. The average molecular weight is 304 g/mol. The van der Waals surface area contributed by atoms with Crippen LogP contribution in [0.2, 0.25) is 0 Å². The third-order valence-corrected chi connectivity index (χ3v) is 4.81. The van der Waals surface area contributed by atoms with Crippen LogP contribution >= 0.6 is 27.3 Å². The zero-order valence-electron chi connectivity index (χ0n) is 9.70. The molecule has 1 aliphatic rings. The Labute approximate surface area is 110 Å². The van der Waals surface area contributed by atoms with E-state index in [1.54, 1.807) is 11.3 Å². The number of rotatable bonds is 5. The summed E-state index contributed by atoms with van der Waals surface area (Å²) in [6.45, 7) is 5.13. The van der Waals surface area contributed by atoms with Crippen molar-refractivity contribution < 1.29 is 4.74 Å². The van der Waals surface area contributed by atoms with Crippen molar-refractivity contribution in [2.75, 3.05) is 6.61 Å². The smallest absolute Gasteiger partial charge is 0.0701 e. The van der Waals surface area contributed by atoms with Crippen LogP contribution in [0.25, 0.3) is 0 Å². The SMILES string of the molecule is CCOC1CC(NC(C)c2ccc(Br)s2)C1. The second-order valence-electron chi connectivity index (χ2n) is 4.28. The van der Waals surface area contributed by atoms with E-state index >= 15 is 0 Å². The van der Waals surface area contributed by atoms with Crippen molar-refractivity contribution in [2.45, 2.75) is 44.9 Å². The van der Waals surface area contributed by atoms with Gasteiger partial charge in [-0.25, -0.2) is 0 Å². The number of nitrogens with one attached hydrogen (secondary N) is 1. The second-order valence-corrected chi connectivity index (χ2v) is 6.77. The molecule has 4 heteroatoms. The van der Waals surface area contributed by atoms with Gasteiger partial charge >= 0.3 is 0 Å². The van der Waals surface area contributed by atoms with Crippen LogP contribution in [-0.2, 0) is 4.74 Å². The quantitative estimate of drug-likeness (QED) is 0.895. The molecule has 1 aliphatic carbocycles. The highest BCUT2D eigenvalue weighted by molar-refractivity contribution is 9.11. The van der Waals surface area contributed by atoms with E-state index in [2.05, 4.69) is 47.2 Å². The summed E-state index contributed by atoms with van der Waals surface area (Å²) in [5, 5.41) is 3.64. The largest absolute Gasteiger partial charge is 0.378 e. The maximum absolute atomic E-state index is 5.55. The first kappa shape index (κ1) is 12.6. The zero-order valence-corrected chi connectivity index (χ0v) is 12.1. The lowest BCUT2D eigenvalue weighted by Gasteiger charge is -2.37. The van der Waals surface area contributed by atoms with Gasteiger partial charge in [-0.2, -0.15) is 0 Å². The molecule has 0 bridgehead atoms. The molecule has 0 aliphatic heterocycles. The van der Waals surface area contributed by atoms with Gasteiger partial charge in [0.25, 0.3) is 0 Å². The van der Waals surface area contributed by atoms with Gasteiger partial charge in [-0.05, 0) is 54.8 Å². The third-order valence-electron chi connectivity index (χ3n) is 3.00. The summed E-state index contributed by atoms with van der Waals surface area (Å²) in [7, 11) is 0. The van der Waals surface area contributed by atoms with Gasteiger partial charge in [-0.1, -0.05) is 0 Å². The van der Waals surface area contributed by atoms with E-state index in [0.29, 0.717) is 18.2 Å². The van der Waals surface area contributed by atoms with Crippen LogP contribution in [0.3, 0.4) is 0 Å². The highest BCUT2D eigenvalue weighted by Crippen LogP contribution is 2.30. The van der Waals surface area contributed by atoms with E-state index in [-0.39, 0.29) is 0 Å². The predicted molar refractivity (Wildman–Crippen MR) is 72.0 cm³/mol.